The van der Waals surface area contributed by atoms with Crippen molar-refractivity contribution in [1.82, 2.24) is 14.3 Å². The molecular formula is C23H21N3O2S. The van der Waals surface area contributed by atoms with Crippen LogP contribution in [0.3, 0.4) is 0 Å². The molecule has 1 fully saturated rings. The van der Waals surface area contributed by atoms with Crippen molar-refractivity contribution in [2.75, 3.05) is 6.54 Å². The minimum atomic E-state index is -0.123. The summed E-state index contributed by atoms with van der Waals surface area (Å²) in [7, 11) is 0. The summed E-state index contributed by atoms with van der Waals surface area (Å²) in [5, 5.41) is 0.509. The summed E-state index contributed by atoms with van der Waals surface area (Å²) in [6, 6.07) is 15.8. The van der Waals surface area contributed by atoms with E-state index in [9.17, 15) is 9.59 Å². The van der Waals surface area contributed by atoms with Crippen LogP contribution < -0.4 is 5.56 Å². The zero-order valence-corrected chi connectivity index (χ0v) is 17.0. The average molecular weight is 404 g/mol. The number of piperidine rings is 1. The Bertz CT molecular complexity index is 1280. The highest BCUT2D eigenvalue weighted by Gasteiger charge is 2.30. The molecule has 4 heterocycles. The SMILES string of the molecule is Cc1cccn2c(=O)c3cc(C(=O)N4CCCC[C@@H]4c4ccccc4)sc3nc12. The quantitative estimate of drug-likeness (QED) is 0.492. The van der Waals surface area contributed by atoms with Gasteiger partial charge in [-0.05, 0) is 49.4 Å². The molecular weight excluding hydrogens is 382 g/mol. The maximum Gasteiger partial charge on any atom is 0.266 e. The third-order valence-electron chi connectivity index (χ3n) is 5.69. The second-order valence-electron chi connectivity index (χ2n) is 7.55. The first-order valence-electron chi connectivity index (χ1n) is 9.91. The second-order valence-corrected chi connectivity index (χ2v) is 8.58. The predicted molar refractivity (Wildman–Crippen MR) is 116 cm³/mol. The van der Waals surface area contributed by atoms with E-state index in [-0.39, 0.29) is 17.5 Å². The van der Waals surface area contributed by atoms with Crippen LogP contribution in [0.4, 0.5) is 0 Å². The molecule has 0 bridgehead atoms. The lowest BCUT2D eigenvalue weighted by Crippen LogP contribution is -2.38. The molecule has 0 radical (unpaired) electrons. The van der Waals surface area contributed by atoms with Gasteiger partial charge in [-0.15, -0.1) is 11.3 Å². The Balaban J connectivity index is 1.58. The van der Waals surface area contributed by atoms with Gasteiger partial charge in [0.15, 0.2) is 0 Å². The fraction of sp³-hybridized carbons (Fsp3) is 0.261. The number of nitrogens with zero attached hydrogens (tertiary/aromatic N) is 3. The molecule has 5 rings (SSSR count). The van der Waals surface area contributed by atoms with E-state index < -0.39 is 0 Å². The number of hydrogen-bond donors (Lipinski definition) is 0. The minimum Gasteiger partial charge on any atom is -0.331 e. The summed E-state index contributed by atoms with van der Waals surface area (Å²) in [6.45, 7) is 2.67. The van der Waals surface area contributed by atoms with Crippen molar-refractivity contribution in [2.24, 2.45) is 0 Å². The zero-order chi connectivity index (χ0) is 20.0. The van der Waals surface area contributed by atoms with Crippen LogP contribution >= 0.6 is 11.3 Å². The fourth-order valence-electron chi connectivity index (χ4n) is 4.20. The van der Waals surface area contributed by atoms with Gasteiger partial charge in [-0.1, -0.05) is 36.4 Å². The number of aryl methyl sites for hydroxylation is 1. The predicted octanol–water partition coefficient (Wildman–Crippen LogP) is 4.59. The van der Waals surface area contributed by atoms with E-state index in [0.717, 1.165) is 31.4 Å². The minimum absolute atomic E-state index is 0.00766. The van der Waals surface area contributed by atoms with Crippen LogP contribution in [0, 0.1) is 6.92 Å². The molecule has 0 saturated carbocycles. The molecule has 29 heavy (non-hydrogen) atoms. The Morgan fingerprint density at radius 3 is 2.79 bits per heavy atom. The normalized spacial score (nSPS) is 17.1. The molecule has 0 unspecified atom stereocenters. The first-order valence-corrected chi connectivity index (χ1v) is 10.7. The lowest BCUT2D eigenvalue weighted by molar-refractivity contribution is 0.0616. The molecule has 1 saturated heterocycles. The summed E-state index contributed by atoms with van der Waals surface area (Å²) >= 11 is 1.32. The van der Waals surface area contributed by atoms with Gasteiger partial charge in [0.1, 0.15) is 10.5 Å². The highest BCUT2D eigenvalue weighted by atomic mass is 32.1. The van der Waals surface area contributed by atoms with E-state index in [4.69, 9.17) is 0 Å². The van der Waals surface area contributed by atoms with E-state index in [1.54, 1.807) is 16.7 Å². The lowest BCUT2D eigenvalue weighted by atomic mass is 9.95. The number of rotatable bonds is 2. The monoisotopic (exact) mass is 403 g/mol. The molecule has 5 nitrogen and oxygen atoms in total. The van der Waals surface area contributed by atoms with Crippen molar-refractivity contribution in [3.63, 3.8) is 0 Å². The van der Waals surface area contributed by atoms with Crippen molar-refractivity contribution in [2.45, 2.75) is 32.2 Å². The lowest BCUT2D eigenvalue weighted by Gasteiger charge is -2.35. The van der Waals surface area contributed by atoms with Crippen LogP contribution in [0.25, 0.3) is 15.9 Å². The Morgan fingerprint density at radius 1 is 1.14 bits per heavy atom. The Kier molecular flexibility index (Phi) is 4.43. The molecule has 3 aromatic heterocycles. The molecule has 1 aliphatic heterocycles. The first kappa shape index (κ1) is 18.1. The molecule has 1 atom stereocenters. The maximum absolute atomic E-state index is 13.4. The van der Waals surface area contributed by atoms with Gasteiger partial charge in [0.2, 0.25) is 0 Å². The van der Waals surface area contributed by atoms with Crippen LogP contribution in [-0.4, -0.2) is 26.7 Å². The van der Waals surface area contributed by atoms with Gasteiger partial charge in [-0.2, -0.15) is 0 Å². The molecule has 1 aromatic carbocycles. The van der Waals surface area contributed by atoms with E-state index in [1.807, 2.05) is 42.2 Å². The van der Waals surface area contributed by atoms with Crippen molar-refractivity contribution in [3.05, 3.63) is 81.1 Å². The number of amides is 1. The number of pyridine rings is 1. The highest BCUT2D eigenvalue weighted by molar-refractivity contribution is 7.20. The molecule has 0 N–H and O–H groups in total. The number of carbonyl (C=O) groups is 1. The molecule has 4 aromatic rings. The highest BCUT2D eigenvalue weighted by Crippen LogP contribution is 2.34. The van der Waals surface area contributed by atoms with Crippen molar-refractivity contribution in [1.29, 1.82) is 0 Å². The van der Waals surface area contributed by atoms with Gasteiger partial charge < -0.3 is 4.90 Å². The molecule has 0 spiro atoms. The van der Waals surface area contributed by atoms with E-state index in [0.29, 0.717) is 20.7 Å². The van der Waals surface area contributed by atoms with Gasteiger partial charge in [-0.25, -0.2) is 4.98 Å². The first-order chi connectivity index (χ1) is 14.1. The summed E-state index contributed by atoms with van der Waals surface area (Å²) in [6.07, 6.45) is 4.81. The number of hydrogen-bond acceptors (Lipinski definition) is 4. The number of thiophene rings is 1. The summed E-state index contributed by atoms with van der Waals surface area (Å²) < 4.78 is 1.56. The van der Waals surface area contributed by atoms with E-state index >= 15 is 0 Å². The van der Waals surface area contributed by atoms with Crippen LogP contribution in [0.5, 0.6) is 0 Å². The van der Waals surface area contributed by atoms with Gasteiger partial charge in [0.25, 0.3) is 11.5 Å². The van der Waals surface area contributed by atoms with Crippen LogP contribution in [0.1, 0.15) is 46.1 Å². The van der Waals surface area contributed by atoms with Crippen LogP contribution in [0.2, 0.25) is 0 Å². The van der Waals surface area contributed by atoms with Crippen LogP contribution in [0.15, 0.2) is 59.5 Å². The van der Waals surface area contributed by atoms with Crippen molar-refractivity contribution >= 4 is 33.1 Å². The Morgan fingerprint density at radius 2 is 1.97 bits per heavy atom. The number of aromatic nitrogens is 2. The third-order valence-corrected chi connectivity index (χ3v) is 6.71. The number of benzene rings is 1. The Labute approximate surface area is 172 Å². The van der Waals surface area contributed by atoms with Gasteiger partial charge in [0.05, 0.1) is 16.3 Å². The summed E-state index contributed by atoms with van der Waals surface area (Å²) in [5.74, 6) is -0.00766. The molecule has 6 heteroatoms. The van der Waals surface area contributed by atoms with Gasteiger partial charge >= 0.3 is 0 Å². The molecule has 1 amide bonds. The molecule has 0 aliphatic carbocycles. The van der Waals surface area contributed by atoms with Gasteiger partial charge in [0, 0.05) is 12.7 Å². The number of carbonyl (C=O) groups excluding carboxylic acids is 1. The molecule has 146 valence electrons. The smallest absolute Gasteiger partial charge is 0.266 e. The zero-order valence-electron chi connectivity index (χ0n) is 16.2. The second kappa shape index (κ2) is 7.12. The topological polar surface area (TPSA) is 54.7 Å². The number of fused-ring (bicyclic) bond motifs is 2. The summed E-state index contributed by atoms with van der Waals surface area (Å²) in [4.78, 5) is 34.2. The van der Waals surface area contributed by atoms with Crippen LogP contribution in [-0.2, 0) is 0 Å². The van der Waals surface area contributed by atoms with Crippen molar-refractivity contribution in [3.8, 4) is 0 Å². The molecule has 1 aliphatic rings. The van der Waals surface area contributed by atoms with E-state index in [1.165, 1.54) is 16.9 Å². The van der Waals surface area contributed by atoms with Crippen molar-refractivity contribution < 1.29 is 4.79 Å². The summed E-state index contributed by atoms with van der Waals surface area (Å²) in [5.41, 5.74) is 2.63. The Hall–Kier alpha value is -2.99. The standard InChI is InChI=1S/C23H21N3O2S/c1-15-8-7-13-26-20(15)24-21-17(22(26)27)14-19(29-21)23(28)25-12-6-5-11-18(25)16-9-3-2-4-10-16/h2-4,7-10,13-14,18H,5-6,11-12H2,1H3/t18-/m1/s1. The third kappa shape index (κ3) is 3.04. The maximum atomic E-state index is 13.4. The number of likely N-dealkylation sites (tertiary alicyclic amines) is 1. The average Bonchev–Trinajstić information content (AvgIpc) is 3.19. The van der Waals surface area contributed by atoms with E-state index in [2.05, 4.69) is 17.1 Å². The largest absolute Gasteiger partial charge is 0.331 e. The fourth-order valence-corrected chi connectivity index (χ4v) is 5.18. The van der Waals surface area contributed by atoms with Gasteiger partial charge in [-0.3, -0.25) is 14.0 Å².